The van der Waals surface area contributed by atoms with Crippen LogP contribution in [0.1, 0.15) is 70.4 Å². The number of H-pyrrole nitrogens is 1. The van der Waals surface area contributed by atoms with Crippen LogP contribution in [-0.4, -0.2) is 77.6 Å². The average Bonchev–Trinajstić information content (AvgIpc) is 3.23. The number of alkyl carbamates (subject to hydrolysis) is 1. The Hall–Kier alpha value is -5.69. The molecule has 5 aromatic rings. The molecule has 5 N–H and O–H groups in total. The number of esters is 1. The van der Waals surface area contributed by atoms with Gasteiger partial charge in [0.05, 0.1) is 29.8 Å². The topological polar surface area (TPSA) is 162 Å². The molecular weight excluding hydrogens is 713 g/mol. The molecule has 3 fully saturated rings. The first-order valence-electron chi connectivity index (χ1n) is 19.3. The van der Waals surface area contributed by atoms with Crippen molar-refractivity contribution < 1.29 is 34.0 Å². The number of carbonyl (C=O) groups excluding carboxylic acids is 2. The summed E-state index contributed by atoms with van der Waals surface area (Å²) in [5.74, 6) is 0.608. The van der Waals surface area contributed by atoms with Crippen molar-refractivity contribution >= 4 is 23.0 Å². The highest BCUT2D eigenvalue weighted by Gasteiger charge is 2.37. The predicted molar refractivity (Wildman–Crippen MR) is 212 cm³/mol. The maximum atomic E-state index is 13.2. The van der Waals surface area contributed by atoms with Gasteiger partial charge in [-0.25, -0.2) is 9.59 Å². The zero-order valence-corrected chi connectivity index (χ0v) is 31.2. The van der Waals surface area contributed by atoms with Crippen LogP contribution < -0.4 is 20.9 Å². The molecule has 0 spiro atoms. The van der Waals surface area contributed by atoms with E-state index in [9.17, 15) is 24.6 Å². The van der Waals surface area contributed by atoms with E-state index in [4.69, 9.17) is 14.2 Å². The molecule has 0 aliphatic carbocycles. The highest BCUT2D eigenvalue weighted by atomic mass is 16.6. The summed E-state index contributed by atoms with van der Waals surface area (Å²) >= 11 is 0. The van der Waals surface area contributed by atoms with Gasteiger partial charge >= 0.3 is 12.1 Å². The minimum absolute atomic E-state index is 0.0542. The lowest BCUT2D eigenvalue weighted by Gasteiger charge is -2.43. The van der Waals surface area contributed by atoms with Crippen LogP contribution in [-0.2, 0) is 16.1 Å². The number of fused-ring (bicyclic) bond motifs is 4. The van der Waals surface area contributed by atoms with Crippen molar-refractivity contribution in [3.63, 3.8) is 0 Å². The number of amides is 1. The normalized spacial score (nSPS) is 18.6. The van der Waals surface area contributed by atoms with Gasteiger partial charge in [0.15, 0.2) is 0 Å². The van der Waals surface area contributed by atoms with Gasteiger partial charge in [-0.1, -0.05) is 60.7 Å². The number of aliphatic hydroxyl groups excluding tert-OH is 1. The molecule has 12 nitrogen and oxygen atoms in total. The number of aromatic amines is 1. The van der Waals surface area contributed by atoms with Gasteiger partial charge in [0.2, 0.25) is 5.56 Å². The summed E-state index contributed by atoms with van der Waals surface area (Å²) in [5, 5.41) is 27.7. The van der Waals surface area contributed by atoms with Gasteiger partial charge in [-0.3, -0.25) is 9.69 Å². The number of benzene rings is 4. The van der Waals surface area contributed by atoms with Crippen LogP contribution in [0.5, 0.6) is 11.5 Å². The second-order valence-corrected chi connectivity index (χ2v) is 14.5. The minimum Gasteiger partial charge on any atom is -0.506 e. The van der Waals surface area contributed by atoms with Crippen LogP contribution >= 0.6 is 0 Å². The van der Waals surface area contributed by atoms with E-state index in [0.29, 0.717) is 46.7 Å². The second-order valence-electron chi connectivity index (χ2n) is 14.5. The number of ether oxygens (including phenoxy) is 3. The molecule has 3 aliphatic heterocycles. The van der Waals surface area contributed by atoms with Gasteiger partial charge in [0, 0.05) is 24.5 Å². The SMILES string of the molecule is O=C(N[C@@H](c1ccccc1)c1cccc(OCc2ccc(C(=O)OCCCCNC[C@H](O)c3ccc(O)c4[nH]c(=O)ccc34)cc2)c1)O[C@H]1CN2CCC1CC2. The Bertz CT molecular complexity index is 2150. The number of carbonyl (C=O) groups is 2. The number of rotatable bonds is 16. The molecule has 56 heavy (non-hydrogen) atoms. The van der Waals surface area contributed by atoms with E-state index in [-0.39, 0.29) is 37.2 Å². The zero-order chi connectivity index (χ0) is 38.9. The first-order valence-corrected chi connectivity index (χ1v) is 19.3. The number of piperidine rings is 3. The van der Waals surface area contributed by atoms with Crippen molar-refractivity contribution in [2.75, 3.05) is 39.3 Å². The number of hydrogen-bond acceptors (Lipinski definition) is 10. The Labute approximate surface area is 325 Å². The largest absolute Gasteiger partial charge is 0.506 e. The molecule has 0 radical (unpaired) electrons. The lowest BCUT2D eigenvalue weighted by atomic mass is 9.86. The molecule has 1 aromatic heterocycles. The van der Waals surface area contributed by atoms with Crippen molar-refractivity contribution in [3.05, 3.63) is 141 Å². The number of hydrogen-bond donors (Lipinski definition) is 5. The lowest BCUT2D eigenvalue weighted by molar-refractivity contribution is -0.0336. The van der Waals surface area contributed by atoms with E-state index in [2.05, 4.69) is 20.5 Å². The Balaban J connectivity index is 0.844. The molecule has 1 amide bonds. The number of aliphatic hydroxyl groups is 1. The molecule has 12 heteroatoms. The van der Waals surface area contributed by atoms with Gasteiger partial charge in [-0.2, -0.15) is 0 Å². The van der Waals surface area contributed by atoms with Crippen LogP contribution in [0.25, 0.3) is 10.9 Å². The fourth-order valence-corrected chi connectivity index (χ4v) is 7.52. The summed E-state index contributed by atoms with van der Waals surface area (Å²) in [6, 6.07) is 30.2. The summed E-state index contributed by atoms with van der Waals surface area (Å²) in [7, 11) is 0. The molecule has 4 heterocycles. The maximum absolute atomic E-state index is 13.2. The van der Waals surface area contributed by atoms with Gasteiger partial charge in [0.1, 0.15) is 24.2 Å². The van der Waals surface area contributed by atoms with E-state index in [0.717, 1.165) is 55.6 Å². The molecule has 8 rings (SSSR count). The number of phenolic OH excluding ortho intramolecular Hbond substituents is 1. The van der Waals surface area contributed by atoms with Gasteiger partial charge in [0.25, 0.3) is 0 Å². The fraction of sp³-hybridized carbons (Fsp3) is 0.341. The van der Waals surface area contributed by atoms with Crippen LogP contribution in [0.4, 0.5) is 4.79 Å². The Morgan fingerprint density at radius 3 is 2.45 bits per heavy atom. The second kappa shape index (κ2) is 18.3. The average molecular weight is 761 g/mol. The Morgan fingerprint density at radius 2 is 1.68 bits per heavy atom. The molecule has 3 atom stereocenters. The van der Waals surface area contributed by atoms with Crippen LogP contribution in [0.15, 0.2) is 108 Å². The summed E-state index contributed by atoms with van der Waals surface area (Å²) in [4.78, 5) is 42.5. The highest BCUT2D eigenvalue weighted by molar-refractivity contribution is 5.89. The summed E-state index contributed by atoms with van der Waals surface area (Å²) in [6.45, 7) is 4.38. The lowest BCUT2D eigenvalue weighted by Crippen LogP contribution is -2.52. The highest BCUT2D eigenvalue weighted by Crippen LogP contribution is 2.31. The zero-order valence-electron chi connectivity index (χ0n) is 31.2. The van der Waals surface area contributed by atoms with Crippen molar-refractivity contribution in [3.8, 4) is 11.5 Å². The van der Waals surface area contributed by atoms with Crippen LogP contribution in [0.2, 0.25) is 0 Å². The van der Waals surface area contributed by atoms with Crippen molar-refractivity contribution in [1.82, 2.24) is 20.5 Å². The number of nitrogens with zero attached hydrogens (tertiary/aromatic N) is 1. The summed E-state index contributed by atoms with van der Waals surface area (Å²) < 4.78 is 17.6. The standard InChI is InChI=1S/C44H48N4O8/c49-37-17-15-35(36-16-18-40(51)46-42(36)37)38(50)26-45-21-4-5-24-54-43(52)32-13-11-29(12-14-32)28-55-34-10-6-9-33(25-34)41(31-7-2-1-3-8-31)47-44(53)56-39-27-48-22-19-30(39)20-23-48/h1-3,6-18,25,30,38-39,41,45,49-50H,4-5,19-24,26-28H2,(H,46,51)(H,47,53)/t38-,39-,41-/m0/s1. The van der Waals surface area contributed by atoms with E-state index in [1.807, 2.05) is 66.7 Å². The van der Waals surface area contributed by atoms with E-state index >= 15 is 0 Å². The van der Waals surface area contributed by atoms with E-state index in [1.165, 1.54) is 12.1 Å². The summed E-state index contributed by atoms with van der Waals surface area (Å²) in [6.07, 6.45) is 2.15. The van der Waals surface area contributed by atoms with Gasteiger partial charge in [-0.15, -0.1) is 0 Å². The molecule has 2 bridgehead atoms. The minimum atomic E-state index is -0.841. The van der Waals surface area contributed by atoms with Crippen LogP contribution in [0.3, 0.4) is 0 Å². The van der Waals surface area contributed by atoms with Gasteiger partial charge in [-0.05, 0) is 110 Å². The van der Waals surface area contributed by atoms with Crippen molar-refractivity contribution in [1.29, 1.82) is 0 Å². The number of phenols is 1. The Morgan fingerprint density at radius 1 is 0.893 bits per heavy atom. The molecule has 3 aliphatic rings. The molecule has 0 unspecified atom stereocenters. The quantitative estimate of drug-likeness (QED) is 0.0598. The first kappa shape index (κ1) is 38.6. The van der Waals surface area contributed by atoms with E-state index < -0.39 is 24.2 Å². The first-order chi connectivity index (χ1) is 27.3. The van der Waals surface area contributed by atoms with Crippen LogP contribution in [0, 0.1) is 5.92 Å². The number of aromatic nitrogens is 1. The van der Waals surface area contributed by atoms with Gasteiger partial charge < -0.3 is 40.0 Å². The smallest absolute Gasteiger partial charge is 0.408 e. The molecule has 4 aromatic carbocycles. The fourth-order valence-electron chi connectivity index (χ4n) is 7.52. The number of pyridine rings is 1. The van der Waals surface area contributed by atoms with E-state index in [1.54, 1.807) is 24.3 Å². The number of aromatic hydroxyl groups is 1. The number of nitrogens with one attached hydrogen (secondary N) is 3. The molecular formula is C44H48N4O8. The molecule has 0 saturated carbocycles. The molecule has 292 valence electrons. The van der Waals surface area contributed by atoms with Crippen molar-refractivity contribution in [2.45, 2.75) is 50.5 Å². The summed E-state index contributed by atoms with van der Waals surface area (Å²) in [5.41, 5.74) is 3.69. The van der Waals surface area contributed by atoms with Crippen molar-refractivity contribution in [2.24, 2.45) is 5.92 Å². The number of unbranched alkanes of at least 4 members (excludes halogenated alkanes) is 1. The Kier molecular flexibility index (Phi) is 12.6. The predicted octanol–water partition coefficient (Wildman–Crippen LogP) is 5.98. The monoisotopic (exact) mass is 760 g/mol. The third-order valence-electron chi connectivity index (χ3n) is 10.6. The maximum Gasteiger partial charge on any atom is 0.408 e. The molecule has 3 saturated heterocycles. The third kappa shape index (κ3) is 9.75. The third-order valence-corrected chi connectivity index (χ3v) is 10.6.